The molecule has 4 nitrogen and oxygen atoms in total. The Kier molecular flexibility index (Phi) is 5.26. The SMILES string of the molecule is CCOC(=O)C(N)(/C=C/CN)C(F)F. The molecule has 0 aliphatic carbocycles. The molecule has 0 heterocycles. The second-order valence-corrected chi connectivity index (χ2v) is 2.59. The molecule has 14 heavy (non-hydrogen) atoms. The Balaban J connectivity index is 4.71. The first-order chi connectivity index (χ1) is 6.49. The third kappa shape index (κ3) is 3.04. The van der Waals surface area contributed by atoms with E-state index in [1.54, 1.807) is 0 Å². The van der Waals surface area contributed by atoms with Gasteiger partial charge in [-0.2, -0.15) is 0 Å². The molecule has 0 aromatic rings. The van der Waals surface area contributed by atoms with Crippen LogP contribution < -0.4 is 11.5 Å². The van der Waals surface area contributed by atoms with Crippen molar-refractivity contribution in [2.24, 2.45) is 11.5 Å². The molecule has 0 fully saturated rings. The topological polar surface area (TPSA) is 78.3 Å². The van der Waals surface area contributed by atoms with Crippen LogP contribution in [0.15, 0.2) is 12.2 Å². The van der Waals surface area contributed by atoms with Crippen LogP contribution in [0, 0.1) is 0 Å². The lowest BCUT2D eigenvalue weighted by atomic mass is 10.0. The highest BCUT2D eigenvalue weighted by molar-refractivity contribution is 5.83. The van der Waals surface area contributed by atoms with Gasteiger partial charge in [0.25, 0.3) is 6.43 Å². The molecule has 1 atom stereocenters. The van der Waals surface area contributed by atoms with Crippen LogP contribution >= 0.6 is 0 Å². The highest BCUT2D eigenvalue weighted by atomic mass is 19.3. The molecule has 0 bridgehead atoms. The van der Waals surface area contributed by atoms with Gasteiger partial charge >= 0.3 is 5.97 Å². The van der Waals surface area contributed by atoms with Crippen molar-refractivity contribution in [2.45, 2.75) is 18.9 Å². The van der Waals surface area contributed by atoms with Crippen LogP contribution in [0.2, 0.25) is 0 Å². The van der Waals surface area contributed by atoms with Gasteiger partial charge in [-0.05, 0) is 6.92 Å². The van der Waals surface area contributed by atoms with E-state index in [0.717, 1.165) is 6.08 Å². The van der Waals surface area contributed by atoms with Crippen LogP contribution in [0.4, 0.5) is 8.78 Å². The van der Waals surface area contributed by atoms with Crippen molar-refractivity contribution in [2.75, 3.05) is 13.2 Å². The van der Waals surface area contributed by atoms with Gasteiger partial charge in [-0.3, -0.25) is 0 Å². The number of carbonyl (C=O) groups excluding carboxylic acids is 1. The van der Waals surface area contributed by atoms with Crippen LogP contribution in [0.25, 0.3) is 0 Å². The van der Waals surface area contributed by atoms with Crippen molar-refractivity contribution in [3.63, 3.8) is 0 Å². The number of alkyl halides is 2. The average Bonchev–Trinajstić information content (AvgIpc) is 2.14. The molecule has 6 heteroatoms. The van der Waals surface area contributed by atoms with E-state index >= 15 is 0 Å². The number of carbonyl (C=O) groups is 1. The van der Waals surface area contributed by atoms with Gasteiger partial charge in [0.05, 0.1) is 6.61 Å². The van der Waals surface area contributed by atoms with Gasteiger partial charge in [0.1, 0.15) is 0 Å². The Morgan fingerprint density at radius 1 is 1.64 bits per heavy atom. The number of hydrogen-bond acceptors (Lipinski definition) is 4. The van der Waals surface area contributed by atoms with E-state index in [0.29, 0.717) is 0 Å². The Bertz CT molecular complexity index is 221. The lowest BCUT2D eigenvalue weighted by Gasteiger charge is -2.22. The Hall–Kier alpha value is -1.01. The molecule has 0 aromatic heterocycles. The molecule has 1 unspecified atom stereocenters. The summed E-state index contributed by atoms with van der Waals surface area (Å²) in [6, 6.07) is 0. The summed E-state index contributed by atoms with van der Waals surface area (Å²) in [5.74, 6) is -1.15. The number of nitrogens with two attached hydrogens (primary N) is 2. The maximum atomic E-state index is 12.5. The minimum absolute atomic E-state index is 0.000961. The van der Waals surface area contributed by atoms with E-state index in [4.69, 9.17) is 11.5 Å². The Morgan fingerprint density at radius 2 is 2.21 bits per heavy atom. The summed E-state index contributed by atoms with van der Waals surface area (Å²) in [7, 11) is 0. The van der Waals surface area contributed by atoms with E-state index in [2.05, 4.69) is 4.74 Å². The molecule has 0 aliphatic rings. The van der Waals surface area contributed by atoms with Crippen molar-refractivity contribution in [1.82, 2.24) is 0 Å². The van der Waals surface area contributed by atoms with Gasteiger partial charge in [-0.25, -0.2) is 13.6 Å². The number of esters is 1. The van der Waals surface area contributed by atoms with Crippen LogP contribution in [-0.2, 0) is 9.53 Å². The minimum atomic E-state index is -3.02. The minimum Gasteiger partial charge on any atom is -0.464 e. The molecule has 0 radical (unpaired) electrons. The van der Waals surface area contributed by atoms with E-state index in [1.807, 2.05) is 0 Å². The van der Waals surface area contributed by atoms with Gasteiger partial charge in [0.2, 0.25) is 0 Å². The van der Waals surface area contributed by atoms with Crippen LogP contribution in [-0.4, -0.2) is 31.1 Å². The summed E-state index contributed by atoms with van der Waals surface area (Å²) >= 11 is 0. The molecular weight excluding hydrogens is 194 g/mol. The van der Waals surface area contributed by atoms with E-state index in [1.165, 1.54) is 13.0 Å². The molecule has 82 valence electrons. The number of halogens is 2. The first kappa shape index (κ1) is 13.0. The van der Waals surface area contributed by atoms with E-state index < -0.39 is 17.9 Å². The zero-order valence-electron chi connectivity index (χ0n) is 7.87. The fraction of sp³-hybridized carbons (Fsp3) is 0.625. The predicted molar refractivity (Wildman–Crippen MR) is 47.7 cm³/mol. The maximum absolute atomic E-state index is 12.5. The fourth-order valence-corrected chi connectivity index (χ4v) is 0.749. The van der Waals surface area contributed by atoms with Gasteiger partial charge in [0.15, 0.2) is 5.54 Å². The van der Waals surface area contributed by atoms with Crippen molar-refractivity contribution in [1.29, 1.82) is 0 Å². The molecule has 0 amide bonds. The summed E-state index contributed by atoms with van der Waals surface area (Å²) in [5.41, 5.74) is 7.87. The summed E-state index contributed by atoms with van der Waals surface area (Å²) in [4.78, 5) is 11.1. The lowest BCUT2D eigenvalue weighted by molar-refractivity contribution is -0.152. The highest BCUT2D eigenvalue weighted by Gasteiger charge is 2.42. The maximum Gasteiger partial charge on any atom is 0.336 e. The number of ether oxygens (including phenoxy) is 1. The normalized spacial score (nSPS) is 15.9. The number of rotatable bonds is 5. The Labute approximate surface area is 80.9 Å². The first-order valence-electron chi connectivity index (χ1n) is 4.11. The zero-order valence-corrected chi connectivity index (χ0v) is 7.87. The molecule has 0 rings (SSSR count). The van der Waals surface area contributed by atoms with Crippen LogP contribution in [0.1, 0.15) is 6.92 Å². The quantitative estimate of drug-likeness (QED) is 0.493. The lowest BCUT2D eigenvalue weighted by Crippen LogP contribution is -2.53. The average molecular weight is 208 g/mol. The van der Waals surface area contributed by atoms with Gasteiger partial charge in [-0.15, -0.1) is 0 Å². The third-order valence-electron chi connectivity index (χ3n) is 1.52. The summed E-state index contributed by atoms with van der Waals surface area (Å²) in [5, 5.41) is 0. The molecule has 0 saturated heterocycles. The monoisotopic (exact) mass is 208 g/mol. The second-order valence-electron chi connectivity index (χ2n) is 2.59. The van der Waals surface area contributed by atoms with Crippen LogP contribution in [0.3, 0.4) is 0 Å². The highest BCUT2D eigenvalue weighted by Crippen LogP contribution is 2.16. The summed E-state index contributed by atoms with van der Waals surface area (Å²) in [6.07, 6.45) is -0.956. The van der Waals surface area contributed by atoms with Crippen molar-refractivity contribution in [3.8, 4) is 0 Å². The summed E-state index contributed by atoms with van der Waals surface area (Å²) < 4.78 is 29.4. The fourth-order valence-electron chi connectivity index (χ4n) is 0.749. The standard InChI is InChI=1S/C8H14F2N2O2/c1-2-14-7(13)8(12,6(9)10)4-3-5-11/h3-4,6H,2,5,11-12H2,1H3/b4-3+. The summed E-state index contributed by atoms with van der Waals surface area (Å²) in [6.45, 7) is 1.54. The molecule has 0 saturated carbocycles. The van der Waals surface area contributed by atoms with E-state index in [-0.39, 0.29) is 13.2 Å². The molecule has 0 spiro atoms. The predicted octanol–water partition coefficient (Wildman–Crippen LogP) is 0.0270. The second kappa shape index (κ2) is 5.66. The Morgan fingerprint density at radius 3 is 2.57 bits per heavy atom. The van der Waals surface area contributed by atoms with Crippen molar-refractivity contribution < 1.29 is 18.3 Å². The largest absolute Gasteiger partial charge is 0.464 e. The molecule has 0 aliphatic heterocycles. The van der Waals surface area contributed by atoms with Gasteiger partial charge < -0.3 is 16.2 Å². The number of hydrogen-bond donors (Lipinski definition) is 2. The van der Waals surface area contributed by atoms with Crippen molar-refractivity contribution in [3.05, 3.63) is 12.2 Å². The smallest absolute Gasteiger partial charge is 0.336 e. The van der Waals surface area contributed by atoms with Crippen molar-refractivity contribution >= 4 is 5.97 Å². The molecular formula is C8H14F2N2O2. The molecule has 0 aromatic carbocycles. The first-order valence-corrected chi connectivity index (χ1v) is 4.11. The van der Waals surface area contributed by atoms with E-state index in [9.17, 15) is 13.6 Å². The molecule has 4 N–H and O–H groups in total. The van der Waals surface area contributed by atoms with Crippen LogP contribution in [0.5, 0.6) is 0 Å². The zero-order chi connectivity index (χ0) is 11.2. The van der Waals surface area contributed by atoms with Gasteiger partial charge in [-0.1, -0.05) is 12.2 Å². The van der Waals surface area contributed by atoms with Gasteiger partial charge in [0, 0.05) is 6.54 Å². The third-order valence-corrected chi connectivity index (χ3v) is 1.52.